The maximum atomic E-state index is 5.79. The molecular weight excluding hydrogens is 209 g/mol. The first-order chi connectivity index (χ1) is 5.86. The maximum absolute atomic E-state index is 5.79. The van der Waals surface area contributed by atoms with Gasteiger partial charge in [-0.3, -0.25) is 0 Å². The zero-order valence-electron chi connectivity index (χ0n) is 7.83. The van der Waals surface area contributed by atoms with Gasteiger partial charge in [-0.25, -0.2) is 0 Å². The van der Waals surface area contributed by atoms with Crippen LogP contribution in [-0.2, 0) is 0 Å². The fourth-order valence-electron chi connectivity index (χ4n) is 1.58. The van der Waals surface area contributed by atoms with Crippen LogP contribution in [0.4, 0.5) is 0 Å². The van der Waals surface area contributed by atoms with Crippen LogP contribution in [0.2, 0.25) is 5.02 Å². The third-order valence-corrected chi connectivity index (χ3v) is 2.49. The van der Waals surface area contributed by atoms with Crippen molar-refractivity contribution in [3.05, 3.63) is 40.2 Å². The molecule has 1 unspecified atom stereocenters. The molecule has 0 amide bonds. The second kappa shape index (κ2) is 5.86. The van der Waals surface area contributed by atoms with Gasteiger partial charge in [0.05, 0.1) is 0 Å². The summed E-state index contributed by atoms with van der Waals surface area (Å²) in [5.74, 6) is 0. The van der Waals surface area contributed by atoms with Crippen LogP contribution in [0.15, 0.2) is 24.3 Å². The van der Waals surface area contributed by atoms with E-state index >= 15 is 0 Å². The summed E-state index contributed by atoms with van der Waals surface area (Å²) in [6.45, 7) is 1.02. The van der Waals surface area contributed by atoms with Gasteiger partial charge in [-0.05, 0) is 12.1 Å². The van der Waals surface area contributed by atoms with Crippen LogP contribution in [0.5, 0.6) is 0 Å². The fraction of sp³-hybridized carbons (Fsp3) is 0.400. The predicted molar refractivity (Wildman–Crippen MR) is 51.7 cm³/mol. The van der Waals surface area contributed by atoms with E-state index in [4.69, 9.17) is 11.6 Å². The van der Waals surface area contributed by atoms with E-state index in [2.05, 4.69) is 17.4 Å². The number of benzene rings is 1. The van der Waals surface area contributed by atoms with E-state index in [1.165, 1.54) is 18.4 Å². The summed E-state index contributed by atoms with van der Waals surface area (Å²) in [7, 11) is 0. The van der Waals surface area contributed by atoms with Crippen molar-refractivity contribution in [1.82, 2.24) is 0 Å². The van der Waals surface area contributed by atoms with Crippen molar-refractivity contribution in [3.63, 3.8) is 0 Å². The van der Waals surface area contributed by atoms with E-state index < -0.39 is 0 Å². The van der Waals surface area contributed by atoms with E-state index in [1.807, 2.05) is 12.1 Å². The summed E-state index contributed by atoms with van der Waals surface area (Å²) < 4.78 is 0. The molecule has 1 fully saturated rings. The van der Waals surface area contributed by atoms with Gasteiger partial charge in [0.2, 0.25) is 0 Å². The normalized spacial score (nSPS) is 21.2. The molecule has 1 aliphatic heterocycles. The monoisotopic (exact) mass is 219 g/mol. The predicted octanol–water partition coefficient (Wildman–Crippen LogP) is 0.553. The third kappa shape index (κ3) is 3.31. The quantitative estimate of drug-likeness (QED) is 0.613. The molecule has 1 aromatic rings. The summed E-state index contributed by atoms with van der Waals surface area (Å²) in [6, 6.07) is 8.45. The van der Waals surface area contributed by atoms with Crippen molar-refractivity contribution in [2.45, 2.75) is 18.9 Å². The number of hydrogen-bond donors (Lipinski definition) is 0. The molecule has 0 N–H and O–H groups in total. The van der Waals surface area contributed by atoms with Gasteiger partial charge in [-0.15, -0.1) is 12.6 Å². The van der Waals surface area contributed by atoms with Gasteiger partial charge in [0.25, 0.3) is 0 Å². The van der Waals surface area contributed by atoms with Gasteiger partial charge >= 0.3 is 51.4 Å². The number of nitrogens with zero attached hydrogens (tertiary/aromatic N) is 1. The molecule has 0 aliphatic carbocycles. The molecule has 0 radical (unpaired) electrons. The first-order valence-corrected chi connectivity index (χ1v) is 4.66. The molecule has 64 valence electrons. The smallest absolute Gasteiger partial charge is 0.656 e. The summed E-state index contributed by atoms with van der Waals surface area (Å²) in [4.78, 5) is 0. The molecule has 13 heavy (non-hydrogen) atoms. The molecule has 0 spiro atoms. The Labute approximate surface area is 127 Å². The Balaban J connectivity index is 0.000000845. The van der Waals surface area contributed by atoms with Gasteiger partial charge in [0.15, 0.2) is 0 Å². The van der Waals surface area contributed by atoms with Crippen LogP contribution in [-0.4, -0.2) is 6.54 Å². The fourth-order valence-corrected chi connectivity index (χ4v) is 1.71. The Morgan fingerprint density at radius 2 is 1.92 bits per heavy atom. The molecule has 2 rings (SSSR count). The molecule has 1 nitrogen and oxygen atoms in total. The molecule has 1 aromatic carbocycles. The largest absolute Gasteiger partial charge is 1.00 e. The minimum Gasteiger partial charge on any atom is -0.656 e. The Kier molecular flexibility index (Phi) is 5.49. The summed E-state index contributed by atoms with van der Waals surface area (Å²) >= 11 is 5.79. The average molecular weight is 220 g/mol. The molecule has 1 saturated heterocycles. The van der Waals surface area contributed by atoms with Crippen LogP contribution in [0, 0.1) is 0 Å². The van der Waals surface area contributed by atoms with Crippen molar-refractivity contribution in [2.24, 2.45) is 0 Å². The van der Waals surface area contributed by atoms with Gasteiger partial charge in [0, 0.05) is 5.02 Å². The Morgan fingerprint density at radius 1 is 1.23 bits per heavy atom. The van der Waals surface area contributed by atoms with Crippen LogP contribution in [0.25, 0.3) is 5.32 Å². The van der Waals surface area contributed by atoms with Gasteiger partial charge in [0.1, 0.15) is 0 Å². The molecule has 3 heteroatoms. The molecule has 0 bridgehead atoms. The first kappa shape index (κ1) is 12.2. The maximum Gasteiger partial charge on any atom is 1.00 e. The molecule has 1 atom stereocenters. The minimum absolute atomic E-state index is 0. The topological polar surface area (TPSA) is 14.1 Å². The molecule has 0 aromatic heterocycles. The summed E-state index contributed by atoms with van der Waals surface area (Å²) in [5.41, 5.74) is 1.30. The van der Waals surface area contributed by atoms with Crippen LogP contribution >= 0.6 is 11.6 Å². The van der Waals surface area contributed by atoms with Gasteiger partial charge in [-0.2, -0.15) is 0 Å². The van der Waals surface area contributed by atoms with Crippen molar-refractivity contribution in [3.8, 4) is 0 Å². The van der Waals surface area contributed by atoms with Crippen molar-refractivity contribution >= 4 is 11.6 Å². The average Bonchev–Trinajstić information content (AvgIpc) is 2.58. The molecule has 1 heterocycles. The summed E-state index contributed by atoms with van der Waals surface area (Å²) in [6.07, 6.45) is 2.43. The van der Waals surface area contributed by atoms with Crippen LogP contribution < -0.4 is 51.4 Å². The number of rotatable bonds is 1. The molecule has 1 aliphatic rings. The molecular formula is C10H11ClKN. The van der Waals surface area contributed by atoms with Crippen molar-refractivity contribution in [2.75, 3.05) is 6.54 Å². The van der Waals surface area contributed by atoms with E-state index in [-0.39, 0.29) is 51.4 Å². The summed E-state index contributed by atoms with van der Waals surface area (Å²) in [5, 5.41) is 5.30. The second-order valence-electron chi connectivity index (χ2n) is 3.12. The standard InChI is InChI=1S/C10H11ClN.K/c11-9-5-3-8(4-6-9)10-2-1-7-12-10;/h3-6,10H,1-2,7H2;/q-1;+1. The van der Waals surface area contributed by atoms with Crippen LogP contribution in [0.1, 0.15) is 24.4 Å². The SMILES string of the molecule is Clc1ccc(C2CCC[N-]2)cc1.[K+]. The van der Waals surface area contributed by atoms with E-state index in [1.54, 1.807) is 0 Å². The molecule has 0 saturated carbocycles. The Morgan fingerprint density at radius 3 is 2.46 bits per heavy atom. The van der Waals surface area contributed by atoms with Crippen molar-refractivity contribution in [1.29, 1.82) is 0 Å². The Bertz CT molecular complexity index is 254. The zero-order valence-corrected chi connectivity index (χ0v) is 11.7. The van der Waals surface area contributed by atoms with E-state index in [0.717, 1.165) is 11.6 Å². The first-order valence-electron chi connectivity index (χ1n) is 4.28. The van der Waals surface area contributed by atoms with E-state index in [0.29, 0.717) is 6.04 Å². The van der Waals surface area contributed by atoms with E-state index in [9.17, 15) is 0 Å². The van der Waals surface area contributed by atoms with Gasteiger partial charge < -0.3 is 5.32 Å². The minimum atomic E-state index is 0. The third-order valence-electron chi connectivity index (χ3n) is 2.24. The van der Waals surface area contributed by atoms with Gasteiger partial charge in [-0.1, -0.05) is 42.1 Å². The number of hydrogen-bond acceptors (Lipinski definition) is 0. The Hall–Kier alpha value is 1.11. The number of halogens is 1. The van der Waals surface area contributed by atoms with Crippen LogP contribution in [0.3, 0.4) is 0 Å². The zero-order chi connectivity index (χ0) is 8.39. The second-order valence-corrected chi connectivity index (χ2v) is 3.55. The van der Waals surface area contributed by atoms with Crippen molar-refractivity contribution < 1.29 is 51.4 Å².